The molecule has 2 aromatic rings. The lowest BCUT2D eigenvalue weighted by Gasteiger charge is -2.16. The van der Waals surface area contributed by atoms with E-state index in [-0.39, 0.29) is 0 Å². The third kappa shape index (κ3) is 5.02. The highest BCUT2D eigenvalue weighted by Gasteiger charge is 2.19. The second-order valence-electron chi connectivity index (χ2n) is 6.34. The number of hydrogen-bond acceptors (Lipinski definition) is 2. The van der Waals surface area contributed by atoms with E-state index in [1.807, 2.05) is 23.5 Å². The van der Waals surface area contributed by atoms with Crippen LogP contribution in [0.5, 0.6) is 5.75 Å². The third-order valence-electron chi connectivity index (χ3n) is 4.42. The summed E-state index contributed by atoms with van der Waals surface area (Å²) in [5.74, 6) is 1.28. The van der Waals surface area contributed by atoms with Crippen molar-refractivity contribution in [1.29, 1.82) is 0 Å². The van der Waals surface area contributed by atoms with Gasteiger partial charge in [-0.05, 0) is 69.4 Å². The molecule has 0 fully saturated rings. The van der Waals surface area contributed by atoms with E-state index in [1.165, 1.54) is 35.4 Å². The molecule has 1 nitrogen and oxygen atoms in total. The molecule has 0 bridgehead atoms. The Balaban J connectivity index is 1.48. The molecule has 1 aromatic carbocycles. The second-order valence-corrected chi connectivity index (χ2v) is 8.58. The topological polar surface area (TPSA) is 9.23 Å². The summed E-state index contributed by atoms with van der Waals surface area (Å²) >= 11 is 14.0. The molecule has 1 aliphatic rings. The molecular weight excluding hydrogens is 359 g/mol. The molecule has 1 heterocycles. The van der Waals surface area contributed by atoms with Crippen molar-refractivity contribution >= 4 is 34.5 Å². The molecule has 1 aromatic heterocycles. The number of allylic oxidation sites excluding steroid dienone is 1. The van der Waals surface area contributed by atoms with Crippen molar-refractivity contribution < 1.29 is 4.74 Å². The van der Waals surface area contributed by atoms with E-state index in [0.717, 1.165) is 12.2 Å². The van der Waals surface area contributed by atoms with E-state index in [4.69, 9.17) is 27.9 Å². The lowest BCUT2D eigenvalue weighted by molar-refractivity contribution is 0.266. The van der Waals surface area contributed by atoms with Gasteiger partial charge in [0, 0.05) is 25.7 Å². The maximum absolute atomic E-state index is 6.03. The van der Waals surface area contributed by atoms with E-state index < -0.39 is 0 Å². The van der Waals surface area contributed by atoms with E-state index in [0.29, 0.717) is 22.6 Å². The Labute approximate surface area is 158 Å². The molecule has 0 saturated carbocycles. The van der Waals surface area contributed by atoms with Crippen LogP contribution in [0.2, 0.25) is 10.0 Å². The fourth-order valence-electron chi connectivity index (χ4n) is 3.21. The van der Waals surface area contributed by atoms with Crippen molar-refractivity contribution in [2.75, 3.05) is 6.61 Å². The first-order chi connectivity index (χ1) is 11.6. The van der Waals surface area contributed by atoms with Gasteiger partial charge in [0.2, 0.25) is 0 Å². The van der Waals surface area contributed by atoms with Crippen molar-refractivity contribution in [3.8, 4) is 5.75 Å². The molecule has 0 radical (unpaired) electrons. The molecule has 1 aliphatic carbocycles. The molecule has 0 amide bonds. The monoisotopic (exact) mass is 380 g/mol. The zero-order valence-corrected chi connectivity index (χ0v) is 16.2. The molecule has 1 unspecified atom stereocenters. The van der Waals surface area contributed by atoms with Crippen LogP contribution in [0.25, 0.3) is 0 Å². The first-order valence-corrected chi connectivity index (χ1v) is 10.0. The largest absolute Gasteiger partial charge is 0.493 e. The van der Waals surface area contributed by atoms with Crippen molar-refractivity contribution in [2.45, 2.75) is 39.0 Å². The van der Waals surface area contributed by atoms with Crippen LogP contribution in [0.4, 0.5) is 0 Å². The van der Waals surface area contributed by atoms with Gasteiger partial charge in [0.25, 0.3) is 0 Å². The van der Waals surface area contributed by atoms with E-state index in [2.05, 4.69) is 25.1 Å². The predicted molar refractivity (Wildman–Crippen MR) is 105 cm³/mol. The van der Waals surface area contributed by atoms with Crippen molar-refractivity contribution in [1.82, 2.24) is 0 Å². The van der Waals surface area contributed by atoms with Crippen LogP contribution in [-0.2, 0) is 6.42 Å². The Morgan fingerprint density at radius 3 is 2.62 bits per heavy atom. The summed E-state index contributed by atoms with van der Waals surface area (Å²) in [5, 5.41) is 1.23. The number of hydrogen-bond donors (Lipinski definition) is 0. The first kappa shape index (κ1) is 17.8. The van der Waals surface area contributed by atoms with Crippen molar-refractivity contribution in [3.63, 3.8) is 0 Å². The summed E-state index contributed by atoms with van der Waals surface area (Å²) in [6.07, 6.45) is 8.30. The molecule has 0 saturated heterocycles. The number of rotatable bonds is 7. The maximum atomic E-state index is 6.03. The maximum Gasteiger partial charge on any atom is 0.122 e. The van der Waals surface area contributed by atoms with Crippen LogP contribution in [-0.4, -0.2) is 6.61 Å². The average molecular weight is 381 g/mol. The van der Waals surface area contributed by atoms with E-state index >= 15 is 0 Å². The number of ether oxygens (including phenoxy) is 1. The summed E-state index contributed by atoms with van der Waals surface area (Å²) in [6, 6.07) is 9.84. The summed E-state index contributed by atoms with van der Waals surface area (Å²) in [6.45, 7) is 2.88. The number of halogens is 2. The summed E-state index contributed by atoms with van der Waals surface area (Å²) in [4.78, 5) is 2.89. The zero-order chi connectivity index (χ0) is 16.9. The van der Waals surface area contributed by atoms with E-state index in [1.54, 1.807) is 11.6 Å². The Bertz CT molecular complexity index is 700. The average Bonchev–Trinajstić information content (AvgIpc) is 3.13. The Kier molecular flexibility index (Phi) is 6.26. The highest BCUT2D eigenvalue weighted by atomic mass is 35.5. The molecule has 0 aliphatic heterocycles. The fourth-order valence-corrected chi connectivity index (χ4v) is 4.65. The van der Waals surface area contributed by atoms with Crippen molar-refractivity contribution in [2.24, 2.45) is 5.92 Å². The smallest absolute Gasteiger partial charge is 0.122 e. The highest BCUT2D eigenvalue weighted by molar-refractivity contribution is 7.11. The number of aryl methyl sites for hydroxylation is 2. The lowest BCUT2D eigenvalue weighted by Crippen LogP contribution is -2.12. The molecular formula is C20H22Cl2OS. The van der Waals surface area contributed by atoms with Gasteiger partial charge in [0.1, 0.15) is 5.75 Å². The van der Waals surface area contributed by atoms with Crippen molar-refractivity contribution in [3.05, 3.63) is 61.8 Å². The Morgan fingerprint density at radius 2 is 1.92 bits per heavy atom. The van der Waals surface area contributed by atoms with Gasteiger partial charge in [-0.2, -0.15) is 0 Å². The van der Waals surface area contributed by atoms with Gasteiger partial charge in [0.15, 0.2) is 0 Å². The minimum absolute atomic E-state index is 0.521. The normalized spacial score (nSPS) is 17.1. The van der Waals surface area contributed by atoms with Crippen LogP contribution in [0.3, 0.4) is 0 Å². The highest BCUT2D eigenvalue weighted by Crippen LogP contribution is 2.32. The van der Waals surface area contributed by atoms with Crippen LogP contribution in [0.15, 0.2) is 42.0 Å². The number of benzene rings is 1. The Hall–Kier alpha value is -0.960. The van der Waals surface area contributed by atoms with Crippen LogP contribution < -0.4 is 4.74 Å². The summed E-state index contributed by atoms with van der Waals surface area (Å²) in [7, 11) is 0. The van der Waals surface area contributed by atoms with Gasteiger partial charge >= 0.3 is 0 Å². The molecule has 0 spiro atoms. The van der Waals surface area contributed by atoms with Gasteiger partial charge in [-0.15, -0.1) is 11.3 Å². The van der Waals surface area contributed by atoms with Gasteiger partial charge in [-0.3, -0.25) is 0 Å². The lowest BCUT2D eigenvalue weighted by atomic mass is 9.97. The quantitative estimate of drug-likeness (QED) is 0.465. The molecule has 0 N–H and O–H groups in total. The predicted octanol–water partition coefficient (Wildman–Crippen LogP) is 7.10. The molecule has 128 valence electrons. The second kappa shape index (κ2) is 8.42. The minimum atomic E-state index is 0.521. The Morgan fingerprint density at radius 1 is 1.12 bits per heavy atom. The zero-order valence-electron chi connectivity index (χ0n) is 13.9. The molecule has 3 rings (SSSR count). The van der Waals surface area contributed by atoms with Crippen LogP contribution in [0.1, 0.15) is 35.4 Å². The van der Waals surface area contributed by atoms with Gasteiger partial charge in [-0.1, -0.05) is 34.9 Å². The van der Waals surface area contributed by atoms with E-state index in [9.17, 15) is 0 Å². The van der Waals surface area contributed by atoms with Crippen LogP contribution >= 0.6 is 34.5 Å². The number of thiophene rings is 1. The molecule has 1 atom stereocenters. The van der Waals surface area contributed by atoms with Gasteiger partial charge < -0.3 is 4.74 Å². The fraction of sp³-hybridized carbons (Fsp3) is 0.400. The van der Waals surface area contributed by atoms with Gasteiger partial charge in [0.05, 0.1) is 6.61 Å². The first-order valence-electron chi connectivity index (χ1n) is 8.43. The summed E-state index contributed by atoms with van der Waals surface area (Å²) < 4.78 is 5.94. The summed E-state index contributed by atoms with van der Waals surface area (Å²) in [5.41, 5.74) is 1.55. The SMILES string of the molecule is Cc1ccc(CCCC2=CCCC2COc2cc(Cl)cc(Cl)c2)s1. The molecule has 4 heteroatoms. The minimum Gasteiger partial charge on any atom is -0.493 e. The van der Waals surface area contributed by atoms with Gasteiger partial charge in [-0.25, -0.2) is 0 Å². The third-order valence-corrected chi connectivity index (χ3v) is 5.91. The molecule has 24 heavy (non-hydrogen) atoms. The van der Waals surface area contributed by atoms with Crippen LogP contribution in [0, 0.1) is 12.8 Å². The standard InChI is InChI=1S/C20H22Cl2OS/c1-14-8-9-20(24-14)7-3-5-15-4-2-6-16(15)13-23-19-11-17(21)10-18(22)12-19/h4,8-12,16H,2-3,5-7,13H2,1H3.